The number of hydrogen-bond donors (Lipinski definition) is 4. The van der Waals surface area contributed by atoms with Gasteiger partial charge in [-0.3, -0.25) is 27.9 Å². The summed E-state index contributed by atoms with van der Waals surface area (Å²) in [4.78, 5) is 58.8. The summed E-state index contributed by atoms with van der Waals surface area (Å²) in [7, 11) is 6.02. The highest BCUT2D eigenvalue weighted by Gasteiger charge is 2.09. The Morgan fingerprint density at radius 1 is 0.710 bits per heavy atom. The molecule has 0 spiro atoms. The number of aromatic amines is 2. The van der Waals surface area contributed by atoms with Crippen LogP contribution in [0.2, 0.25) is 0 Å². The van der Waals surface area contributed by atoms with Crippen molar-refractivity contribution in [1.29, 1.82) is 0 Å². The average molecular weight is 457 g/mol. The molecule has 0 atom stereocenters. The third-order valence-corrected chi connectivity index (χ3v) is 4.23. The molecule has 0 aliphatic heterocycles. The Morgan fingerprint density at radius 2 is 1.03 bits per heavy atom. The Morgan fingerprint density at radius 3 is 1.32 bits per heavy atom. The van der Waals surface area contributed by atoms with E-state index in [0.717, 1.165) is 9.13 Å². The summed E-state index contributed by atoms with van der Waals surface area (Å²) in [5, 5.41) is 0. The molecule has 4 aromatic heterocycles. The predicted octanol–water partition coefficient (Wildman–Crippen LogP) is -2.75. The summed E-state index contributed by atoms with van der Waals surface area (Å²) in [5.74, 6) is 0. The minimum Gasteiger partial charge on any atom is -0.339 e. The van der Waals surface area contributed by atoms with Gasteiger partial charge in [-0.25, -0.2) is 19.6 Å². The number of imidazole rings is 2. The largest absolute Gasteiger partial charge is 0.339 e. The van der Waals surface area contributed by atoms with Gasteiger partial charge in [-0.15, -0.1) is 12.4 Å². The fourth-order valence-corrected chi connectivity index (χ4v) is 2.54. The van der Waals surface area contributed by atoms with E-state index >= 15 is 0 Å². The van der Waals surface area contributed by atoms with Crippen molar-refractivity contribution in [2.75, 3.05) is 13.1 Å². The standard InChI is InChI=1S/2C7H8N4O2.C2H8N2.ClH/c2*1-10-5-4(8-3-9-5)6(12)11(2)7(10)13;3-1-2-4;/h2*3H,1-2H3,(H,8,9);1-4H2;1H. The molecule has 0 unspecified atom stereocenters. The van der Waals surface area contributed by atoms with E-state index in [1.165, 1.54) is 35.9 Å². The van der Waals surface area contributed by atoms with E-state index in [4.69, 9.17) is 11.5 Å². The maximum Gasteiger partial charge on any atom is 0.332 e. The van der Waals surface area contributed by atoms with Crippen LogP contribution in [0.4, 0.5) is 0 Å². The molecule has 0 aliphatic rings. The zero-order chi connectivity index (χ0) is 22.6. The van der Waals surface area contributed by atoms with Crippen LogP contribution in [0.15, 0.2) is 31.8 Å². The van der Waals surface area contributed by atoms with Gasteiger partial charge in [0, 0.05) is 41.3 Å². The van der Waals surface area contributed by atoms with E-state index in [9.17, 15) is 19.2 Å². The topological polar surface area (TPSA) is 197 Å². The van der Waals surface area contributed by atoms with Crippen molar-refractivity contribution in [2.45, 2.75) is 0 Å². The van der Waals surface area contributed by atoms with E-state index in [1.807, 2.05) is 0 Å². The number of fused-ring (bicyclic) bond motifs is 2. The van der Waals surface area contributed by atoms with E-state index in [2.05, 4.69) is 19.9 Å². The van der Waals surface area contributed by atoms with Crippen LogP contribution in [0.3, 0.4) is 0 Å². The number of halogens is 1. The zero-order valence-corrected chi connectivity index (χ0v) is 18.3. The number of rotatable bonds is 1. The molecule has 0 aliphatic carbocycles. The van der Waals surface area contributed by atoms with Gasteiger partial charge in [-0.2, -0.15) is 0 Å². The van der Waals surface area contributed by atoms with Crippen LogP contribution in [0.1, 0.15) is 0 Å². The van der Waals surface area contributed by atoms with E-state index in [-0.39, 0.29) is 34.9 Å². The fourth-order valence-electron chi connectivity index (χ4n) is 2.54. The quantitative estimate of drug-likeness (QED) is 0.236. The number of nitrogens with two attached hydrogens (primary N) is 2. The molecule has 0 saturated heterocycles. The summed E-state index contributed by atoms with van der Waals surface area (Å²) in [5.41, 5.74) is 9.83. The molecule has 0 amide bonds. The summed E-state index contributed by atoms with van der Waals surface area (Å²) >= 11 is 0. The van der Waals surface area contributed by atoms with Crippen molar-refractivity contribution in [3.63, 3.8) is 0 Å². The number of nitrogens with one attached hydrogen (secondary N) is 2. The molecule has 0 radical (unpaired) electrons. The van der Waals surface area contributed by atoms with Gasteiger partial charge in [0.1, 0.15) is 11.0 Å². The molecule has 170 valence electrons. The van der Waals surface area contributed by atoms with Crippen LogP contribution in [0, 0.1) is 0 Å². The third kappa shape index (κ3) is 4.82. The Hall–Kier alpha value is -3.49. The maximum atomic E-state index is 11.4. The number of aryl methyl sites for hydroxylation is 2. The Bertz CT molecular complexity index is 1300. The minimum absolute atomic E-state index is 0. The van der Waals surface area contributed by atoms with E-state index in [1.54, 1.807) is 14.1 Å². The first-order valence-electron chi connectivity index (χ1n) is 8.75. The lowest BCUT2D eigenvalue weighted by Gasteiger charge is -2.00. The number of hydrogen-bond acceptors (Lipinski definition) is 8. The van der Waals surface area contributed by atoms with Crippen molar-refractivity contribution < 1.29 is 0 Å². The van der Waals surface area contributed by atoms with E-state index in [0.29, 0.717) is 35.4 Å². The zero-order valence-electron chi connectivity index (χ0n) is 17.4. The van der Waals surface area contributed by atoms with Gasteiger partial charge in [0.25, 0.3) is 11.1 Å². The fraction of sp³-hybridized carbons (Fsp3) is 0.375. The predicted molar refractivity (Wildman–Crippen MR) is 119 cm³/mol. The Kier molecular flexibility index (Phi) is 8.66. The van der Waals surface area contributed by atoms with Crippen LogP contribution in [-0.4, -0.2) is 51.3 Å². The van der Waals surface area contributed by atoms with E-state index < -0.39 is 0 Å². The first kappa shape index (κ1) is 25.5. The lowest BCUT2D eigenvalue weighted by Crippen LogP contribution is -2.36. The summed E-state index contributed by atoms with van der Waals surface area (Å²) < 4.78 is 4.74. The molecule has 4 heterocycles. The SMILES string of the molecule is Cl.Cn1c(=O)c2[nH]cnc2n(C)c1=O.Cn1c(=O)c2[nH]cnc2n(C)c1=O.NCCN. The van der Waals surface area contributed by atoms with Gasteiger partial charge >= 0.3 is 11.4 Å². The maximum absolute atomic E-state index is 11.4. The number of H-pyrrole nitrogens is 2. The molecule has 14 nitrogen and oxygen atoms in total. The van der Waals surface area contributed by atoms with Gasteiger partial charge in [0.2, 0.25) is 0 Å². The van der Waals surface area contributed by atoms with Crippen molar-refractivity contribution in [3.8, 4) is 0 Å². The minimum atomic E-state index is -0.371. The molecular formula is C16H25ClN10O4. The second-order valence-electron chi connectivity index (χ2n) is 6.19. The lowest BCUT2D eigenvalue weighted by atomic mass is 10.5. The summed E-state index contributed by atoms with van der Waals surface area (Å²) in [6, 6.07) is 0. The first-order valence-corrected chi connectivity index (χ1v) is 8.75. The monoisotopic (exact) mass is 456 g/mol. The van der Waals surface area contributed by atoms with Gasteiger partial charge in [-0.05, 0) is 0 Å². The van der Waals surface area contributed by atoms with Crippen LogP contribution in [0.5, 0.6) is 0 Å². The van der Waals surface area contributed by atoms with Crippen molar-refractivity contribution in [2.24, 2.45) is 39.7 Å². The molecule has 4 rings (SSSR count). The molecule has 31 heavy (non-hydrogen) atoms. The smallest absolute Gasteiger partial charge is 0.332 e. The van der Waals surface area contributed by atoms with Crippen LogP contribution < -0.4 is 34.0 Å². The Labute approximate surface area is 180 Å². The molecule has 6 N–H and O–H groups in total. The molecule has 15 heteroatoms. The molecule has 0 bridgehead atoms. The van der Waals surface area contributed by atoms with Crippen LogP contribution in [-0.2, 0) is 28.2 Å². The van der Waals surface area contributed by atoms with Gasteiger partial charge < -0.3 is 21.4 Å². The average Bonchev–Trinajstić information content (AvgIpc) is 3.44. The molecule has 4 aromatic rings. The second kappa shape index (κ2) is 10.5. The normalized spacial score (nSPS) is 10.1. The third-order valence-electron chi connectivity index (χ3n) is 4.23. The molecule has 0 fully saturated rings. The highest BCUT2D eigenvalue weighted by Crippen LogP contribution is 1.98. The van der Waals surface area contributed by atoms with Gasteiger partial charge in [-0.1, -0.05) is 0 Å². The molecule has 0 saturated carbocycles. The number of nitrogens with zero attached hydrogens (tertiary/aromatic N) is 6. The highest BCUT2D eigenvalue weighted by atomic mass is 35.5. The summed E-state index contributed by atoms with van der Waals surface area (Å²) in [6.07, 6.45) is 2.79. The van der Waals surface area contributed by atoms with Crippen LogP contribution >= 0.6 is 12.4 Å². The van der Waals surface area contributed by atoms with Gasteiger partial charge in [0.05, 0.1) is 12.7 Å². The molecule has 0 aromatic carbocycles. The first-order chi connectivity index (χ1) is 14.2. The van der Waals surface area contributed by atoms with Gasteiger partial charge in [0.15, 0.2) is 11.3 Å². The summed E-state index contributed by atoms with van der Waals surface area (Å²) in [6.45, 7) is 1.19. The van der Waals surface area contributed by atoms with Crippen molar-refractivity contribution in [3.05, 3.63) is 54.3 Å². The highest BCUT2D eigenvalue weighted by molar-refractivity contribution is 5.85. The number of aromatic nitrogens is 8. The second-order valence-corrected chi connectivity index (χ2v) is 6.19. The van der Waals surface area contributed by atoms with Crippen molar-refractivity contribution in [1.82, 2.24) is 38.2 Å². The lowest BCUT2D eigenvalue weighted by molar-refractivity contribution is 0.709. The van der Waals surface area contributed by atoms with Crippen LogP contribution in [0.25, 0.3) is 22.3 Å². The van der Waals surface area contributed by atoms with Crippen molar-refractivity contribution >= 4 is 34.7 Å². The molecular weight excluding hydrogens is 432 g/mol. The Balaban J connectivity index is 0.000000258.